The van der Waals surface area contributed by atoms with Crippen LogP contribution in [0.3, 0.4) is 0 Å². The Balaban J connectivity index is 2.12. The second-order valence-electron chi connectivity index (χ2n) is 7.65. The number of hydrogen-bond donors (Lipinski definition) is 0. The molecule has 1 aliphatic carbocycles. The summed E-state index contributed by atoms with van der Waals surface area (Å²) in [7, 11) is -1.77. The Hall–Kier alpha value is -1.53. The van der Waals surface area contributed by atoms with Crippen LogP contribution >= 0.6 is 0 Å². The van der Waals surface area contributed by atoms with Crippen LogP contribution in [0.25, 0.3) is 5.57 Å². The molecule has 2 rings (SSSR count). The van der Waals surface area contributed by atoms with E-state index in [2.05, 4.69) is 44.9 Å². The van der Waals surface area contributed by atoms with Crippen LogP contribution in [-0.4, -0.2) is 24.3 Å². The molecular formula is C17H26N2O3Si. The Morgan fingerprint density at radius 2 is 2.09 bits per heavy atom. The topological polar surface area (TPSA) is 65.3 Å². The lowest BCUT2D eigenvalue weighted by Crippen LogP contribution is -2.44. The van der Waals surface area contributed by atoms with Crippen molar-refractivity contribution in [2.45, 2.75) is 64.3 Å². The molecule has 0 saturated carbocycles. The monoisotopic (exact) mass is 334 g/mol. The molecule has 1 atom stereocenters. The summed E-state index contributed by atoms with van der Waals surface area (Å²) in [6.07, 6.45) is 7.81. The molecule has 5 nitrogen and oxygen atoms in total. The first kappa shape index (κ1) is 17.8. The Labute approximate surface area is 139 Å². The van der Waals surface area contributed by atoms with Crippen molar-refractivity contribution in [2.24, 2.45) is 0 Å². The zero-order chi connectivity index (χ0) is 17.3. The van der Waals surface area contributed by atoms with Crippen molar-refractivity contribution < 1.29 is 9.35 Å². The second-order valence-corrected chi connectivity index (χ2v) is 12.4. The minimum atomic E-state index is -1.77. The molecule has 0 amide bonds. The molecule has 0 bridgehead atoms. The fourth-order valence-electron chi connectivity index (χ4n) is 2.56. The number of nitrogens with zero attached hydrogens (tertiary/aromatic N) is 2. The number of allylic oxidation sites excluding steroid dienone is 1. The number of aromatic nitrogens is 1. The number of rotatable bonds is 4. The molecule has 1 aromatic rings. The van der Waals surface area contributed by atoms with Gasteiger partial charge in [0.15, 0.2) is 8.32 Å². The van der Waals surface area contributed by atoms with E-state index in [9.17, 15) is 10.1 Å². The van der Waals surface area contributed by atoms with Crippen LogP contribution in [0.5, 0.6) is 0 Å². The van der Waals surface area contributed by atoms with Gasteiger partial charge in [-0.1, -0.05) is 26.8 Å². The van der Waals surface area contributed by atoms with E-state index in [-0.39, 0.29) is 21.8 Å². The molecule has 1 unspecified atom stereocenters. The van der Waals surface area contributed by atoms with Crippen LogP contribution in [0.4, 0.5) is 5.69 Å². The Kier molecular flexibility index (Phi) is 5.06. The second kappa shape index (κ2) is 6.53. The van der Waals surface area contributed by atoms with E-state index in [1.165, 1.54) is 6.20 Å². The highest BCUT2D eigenvalue weighted by atomic mass is 28.4. The summed E-state index contributed by atoms with van der Waals surface area (Å²) in [5, 5.41) is 11.3. The van der Waals surface area contributed by atoms with Crippen LogP contribution in [-0.2, 0) is 4.43 Å². The minimum Gasteiger partial charge on any atom is -0.414 e. The average Bonchev–Trinajstić information content (AvgIpc) is 2.46. The van der Waals surface area contributed by atoms with E-state index in [1.807, 2.05) is 0 Å². The summed E-state index contributed by atoms with van der Waals surface area (Å²) in [6, 6.07) is 1.74. The van der Waals surface area contributed by atoms with E-state index in [4.69, 9.17) is 4.43 Å². The van der Waals surface area contributed by atoms with Gasteiger partial charge in [-0.05, 0) is 49.0 Å². The van der Waals surface area contributed by atoms with Crippen LogP contribution in [0, 0.1) is 10.1 Å². The normalized spacial score (nSPS) is 19.3. The van der Waals surface area contributed by atoms with Gasteiger partial charge in [-0.15, -0.1) is 0 Å². The molecule has 1 heterocycles. The molecule has 0 aliphatic heterocycles. The van der Waals surface area contributed by atoms with Gasteiger partial charge in [-0.2, -0.15) is 0 Å². The van der Waals surface area contributed by atoms with Gasteiger partial charge in [-0.3, -0.25) is 15.1 Å². The van der Waals surface area contributed by atoms with Gasteiger partial charge in [0.2, 0.25) is 0 Å². The lowest BCUT2D eigenvalue weighted by molar-refractivity contribution is -0.385. The molecule has 6 heteroatoms. The third-order valence-corrected chi connectivity index (χ3v) is 9.51. The van der Waals surface area contributed by atoms with Gasteiger partial charge in [-0.25, -0.2) is 0 Å². The van der Waals surface area contributed by atoms with Gasteiger partial charge >= 0.3 is 0 Å². The van der Waals surface area contributed by atoms with Crippen molar-refractivity contribution in [2.75, 3.05) is 0 Å². The fraction of sp³-hybridized carbons (Fsp3) is 0.588. The Morgan fingerprint density at radius 1 is 1.39 bits per heavy atom. The predicted octanol–water partition coefficient (Wildman–Crippen LogP) is 4.95. The highest BCUT2D eigenvalue weighted by Crippen LogP contribution is 2.40. The average molecular weight is 334 g/mol. The molecule has 23 heavy (non-hydrogen) atoms. The van der Waals surface area contributed by atoms with Crippen molar-refractivity contribution >= 4 is 19.6 Å². The van der Waals surface area contributed by atoms with Crippen molar-refractivity contribution in [3.63, 3.8) is 0 Å². The van der Waals surface area contributed by atoms with Crippen LogP contribution in [0.15, 0.2) is 24.5 Å². The van der Waals surface area contributed by atoms with E-state index >= 15 is 0 Å². The van der Waals surface area contributed by atoms with Crippen molar-refractivity contribution in [3.05, 3.63) is 40.2 Å². The van der Waals surface area contributed by atoms with Gasteiger partial charge in [0.05, 0.1) is 10.5 Å². The molecule has 0 aromatic carbocycles. The quantitative estimate of drug-likeness (QED) is 0.444. The SMILES string of the molecule is CC(C)(C)[Si](C)(C)OC1CC=C(c2ccncc2[N+](=O)[O-])CC1. The summed E-state index contributed by atoms with van der Waals surface area (Å²) in [5.41, 5.74) is 1.81. The van der Waals surface area contributed by atoms with Gasteiger partial charge in [0.1, 0.15) is 6.20 Å². The third-order valence-electron chi connectivity index (χ3n) is 4.97. The van der Waals surface area contributed by atoms with E-state index in [1.54, 1.807) is 12.3 Å². The van der Waals surface area contributed by atoms with Crippen molar-refractivity contribution in [1.29, 1.82) is 0 Å². The first-order valence-corrected chi connectivity index (χ1v) is 11.0. The summed E-state index contributed by atoms with van der Waals surface area (Å²) in [6.45, 7) is 11.2. The fourth-order valence-corrected chi connectivity index (χ4v) is 3.96. The maximum atomic E-state index is 11.1. The Bertz CT molecular complexity index is 621. The molecular weight excluding hydrogens is 308 g/mol. The van der Waals surface area contributed by atoms with Crippen LogP contribution < -0.4 is 0 Å². The first-order chi connectivity index (χ1) is 10.6. The van der Waals surface area contributed by atoms with Crippen molar-refractivity contribution in [3.8, 4) is 0 Å². The van der Waals surface area contributed by atoms with Gasteiger partial charge in [0, 0.05) is 12.3 Å². The number of hydrogen-bond acceptors (Lipinski definition) is 4. The summed E-state index contributed by atoms with van der Waals surface area (Å²) >= 11 is 0. The maximum Gasteiger partial charge on any atom is 0.294 e. The maximum absolute atomic E-state index is 11.1. The summed E-state index contributed by atoms with van der Waals surface area (Å²) in [4.78, 5) is 14.7. The third kappa shape index (κ3) is 4.06. The number of pyridine rings is 1. The summed E-state index contributed by atoms with van der Waals surface area (Å²) < 4.78 is 6.45. The van der Waals surface area contributed by atoms with Gasteiger partial charge in [0.25, 0.3) is 5.69 Å². The number of nitro groups is 1. The molecule has 1 aliphatic rings. The van der Waals surface area contributed by atoms with E-state index in [0.29, 0.717) is 5.56 Å². The molecule has 0 N–H and O–H groups in total. The zero-order valence-corrected chi connectivity index (χ0v) is 15.6. The molecule has 0 fully saturated rings. The van der Waals surface area contributed by atoms with E-state index in [0.717, 1.165) is 24.8 Å². The smallest absolute Gasteiger partial charge is 0.294 e. The highest BCUT2D eigenvalue weighted by molar-refractivity contribution is 6.74. The highest BCUT2D eigenvalue weighted by Gasteiger charge is 2.39. The molecule has 1 aromatic heterocycles. The molecule has 0 saturated heterocycles. The zero-order valence-electron chi connectivity index (χ0n) is 14.6. The van der Waals surface area contributed by atoms with Gasteiger partial charge < -0.3 is 4.43 Å². The van der Waals surface area contributed by atoms with E-state index < -0.39 is 8.32 Å². The minimum absolute atomic E-state index is 0.0857. The predicted molar refractivity (Wildman–Crippen MR) is 94.8 cm³/mol. The Morgan fingerprint density at radius 3 is 2.61 bits per heavy atom. The molecule has 126 valence electrons. The standard InChI is InChI=1S/C17H26N2O3Si/c1-17(2,3)23(4,5)22-14-8-6-13(7-9-14)15-10-11-18-12-16(15)19(20)21/h6,10-12,14H,7-9H2,1-5H3. The largest absolute Gasteiger partial charge is 0.414 e. The first-order valence-electron chi connectivity index (χ1n) is 8.07. The molecule has 0 spiro atoms. The van der Waals surface area contributed by atoms with Crippen molar-refractivity contribution in [1.82, 2.24) is 4.98 Å². The lowest BCUT2D eigenvalue weighted by Gasteiger charge is -2.40. The lowest BCUT2D eigenvalue weighted by atomic mass is 9.92. The van der Waals surface area contributed by atoms with Crippen LogP contribution in [0.1, 0.15) is 45.6 Å². The molecule has 0 radical (unpaired) electrons. The van der Waals surface area contributed by atoms with Crippen LogP contribution in [0.2, 0.25) is 18.1 Å². The summed E-state index contributed by atoms with van der Waals surface area (Å²) in [5.74, 6) is 0.